The molecule has 0 aliphatic heterocycles. The molecule has 2 heterocycles. The van der Waals surface area contributed by atoms with Gasteiger partial charge in [-0.3, -0.25) is 4.72 Å². The van der Waals surface area contributed by atoms with Crippen LogP contribution >= 0.6 is 27.3 Å². The van der Waals surface area contributed by atoms with Gasteiger partial charge in [0.2, 0.25) is 0 Å². The van der Waals surface area contributed by atoms with Crippen LogP contribution in [0.1, 0.15) is 16.0 Å². The Morgan fingerprint density at radius 2 is 2.05 bits per heavy atom. The van der Waals surface area contributed by atoms with Gasteiger partial charge in [0.1, 0.15) is 10.7 Å². The summed E-state index contributed by atoms with van der Waals surface area (Å²) in [5, 5.41) is 4.84. The van der Waals surface area contributed by atoms with Crippen LogP contribution in [0.3, 0.4) is 0 Å². The normalized spacial score (nSPS) is 11.6. The van der Waals surface area contributed by atoms with Gasteiger partial charge < -0.3 is 5.32 Å². The van der Waals surface area contributed by atoms with E-state index in [0.29, 0.717) is 17.3 Å². The summed E-state index contributed by atoms with van der Waals surface area (Å²) < 4.78 is 28.6. The number of halogens is 1. The number of anilines is 1. The number of rotatable bonds is 5. The minimum absolute atomic E-state index is 0.316. The molecule has 0 aliphatic rings. The smallest absolute Gasteiger partial charge is 0.264 e. The maximum Gasteiger partial charge on any atom is 0.264 e. The second-order valence-electron chi connectivity index (χ2n) is 4.63. The van der Waals surface area contributed by atoms with Crippen LogP contribution in [-0.2, 0) is 16.6 Å². The molecule has 0 amide bonds. The van der Waals surface area contributed by atoms with Gasteiger partial charge in [0, 0.05) is 22.1 Å². The van der Waals surface area contributed by atoms with Gasteiger partial charge in [0.15, 0.2) is 0 Å². The molecular formula is C13H16BrN3O2S2. The summed E-state index contributed by atoms with van der Waals surface area (Å²) in [7, 11) is -1.85. The van der Waals surface area contributed by atoms with E-state index >= 15 is 0 Å². The number of thiophene rings is 1. The molecule has 0 atom stereocenters. The summed E-state index contributed by atoms with van der Waals surface area (Å²) in [4.78, 5) is 5.22. The average Bonchev–Trinajstić information content (AvgIpc) is 2.76. The molecule has 0 saturated heterocycles. The number of hydrogen-bond acceptors (Lipinski definition) is 5. The fraction of sp³-hybridized carbons (Fsp3) is 0.308. The summed E-state index contributed by atoms with van der Waals surface area (Å²) >= 11 is 4.78. The molecule has 0 bridgehead atoms. The second kappa shape index (κ2) is 6.43. The van der Waals surface area contributed by atoms with Crippen molar-refractivity contribution in [3.63, 3.8) is 0 Å². The standard InChI is InChI=1S/C13H16BrN3O2S2/c1-8-4-12(16-5-10(8)14)17-21(18,19)13-9(2)7-20-11(13)6-15-3/h4-5,7,15H,6H2,1-3H3,(H,16,17). The molecule has 2 rings (SSSR count). The van der Waals surface area contributed by atoms with Gasteiger partial charge in [-0.15, -0.1) is 11.3 Å². The molecule has 8 heteroatoms. The third-order valence-electron chi connectivity index (χ3n) is 2.88. The Balaban J connectivity index is 2.38. The van der Waals surface area contributed by atoms with Crippen molar-refractivity contribution < 1.29 is 8.42 Å². The van der Waals surface area contributed by atoms with Crippen molar-refractivity contribution in [1.82, 2.24) is 10.3 Å². The van der Waals surface area contributed by atoms with E-state index in [1.807, 2.05) is 12.3 Å². The van der Waals surface area contributed by atoms with Crippen molar-refractivity contribution in [1.29, 1.82) is 0 Å². The molecule has 2 N–H and O–H groups in total. The highest BCUT2D eigenvalue weighted by Crippen LogP contribution is 2.28. The van der Waals surface area contributed by atoms with E-state index in [4.69, 9.17) is 0 Å². The monoisotopic (exact) mass is 389 g/mol. The Labute approximate surface area is 137 Å². The number of pyridine rings is 1. The Bertz CT molecular complexity index is 757. The zero-order valence-corrected chi connectivity index (χ0v) is 15.1. The maximum absolute atomic E-state index is 12.6. The van der Waals surface area contributed by atoms with Crippen molar-refractivity contribution in [3.05, 3.63) is 38.1 Å². The summed E-state index contributed by atoms with van der Waals surface area (Å²) in [5.41, 5.74) is 1.66. The Morgan fingerprint density at radius 1 is 1.33 bits per heavy atom. The fourth-order valence-corrected chi connectivity index (χ4v) is 4.96. The largest absolute Gasteiger partial charge is 0.315 e. The lowest BCUT2D eigenvalue weighted by Gasteiger charge is -2.10. The number of sulfonamides is 1. The summed E-state index contributed by atoms with van der Waals surface area (Å²) in [6.07, 6.45) is 1.59. The molecule has 2 aromatic heterocycles. The predicted octanol–water partition coefficient (Wildman–Crippen LogP) is 3.04. The number of hydrogen-bond donors (Lipinski definition) is 2. The van der Waals surface area contributed by atoms with Gasteiger partial charge in [-0.1, -0.05) is 0 Å². The molecule has 5 nitrogen and oxygen atoms in total. The van der Waals surface area contributed by atoms with Crippen LogP contribution in [0.2, 0.25) is 0 Å². The zero-order chi connectivity index (χ0) is 15.6. The van der Waals surface area contributed by atoms with Crippen LogP contribution in [-0.4, -0.2) is 20.4 Å². The molecule has 0 aliphatic carbocycles. The molecule has 0 radical (unpaired) electrons. The molecular weight excluding hydrogens is 374 g/mol. The van der Waals surface area contributed by atoms with Gasteiger partial charge >= 0.3 is 0 Å². The highest BCUT2D eigenvalue weighted by molar-refractivity contribution is 9.10. The molecule has 0 fully saturated rings. The van der Waals surface area contributed by atoms with E-state index < -0.39 is 10.0 Å². The van der Waals surface area contributed by atoms with E-state index in [-0.39, 0.29) is 0 Å². The first kappa shape index (κ1) is 16.4. The minimum Gasteiger partial charge on any atom is -0.315 e. The topological polar surface area (TPSA) is 71.1 Å². The van der Waals surface area contributed by atoms with Gasteiger partial charge in [0.25, 0.3) is 10.0 Å². The molecule has 0 spiro atoms. The molecule has 0 unspecified atom stereocenters. The first-order valence-electron chi connectivity index (χ1n) is 6.21. The lowest BCUT2D eigenvalue weighted by Crippen LogP contribution is -2.17. The highest BCUT2D eigenvalue weighted by atomic mass is 79.9. The van der Waals surface area contributed by atoms with E-state index in [9.17, 15) is 8.42 Å². The molecule has 0 aromatic carbocycles. The average molecular weight is 390 g/mol. The number of nitrogens with zero attached hydrogens (tertiary/aromatic N) is 1. The van der Waals surface area contributed by atoms with Crippen molar-refractivity contribution in [2.45, 2.75) is 25.3 Å². The van der Waals surface area contributed by atoms with E-state index in [0.717, 1.165) is 20.5 Å². The highest BCUT2D eigenvalue weighted by Gasteiger charge is 2.23. The molecule has 0 saturated carbocycles. The first-order valence-corrected chi connectivity index (χ1v) is 9.37. The Morgan fingerprint density at radius 3 is 2.67 bits per heavy atom. The van der Waals surface area contributed by atoms with Crippen LogP contribution in [0.5, 0.6) is 0 Å². The number of aryl methyl sites for hydroxylation is 2. The SMILES string of the molecule is CNCc1scc(C)c1S(=O)(=O)Nc1cc(C)c(Br)cn1. The summed E-state index contributed by atoms with van der Waals surface area (Å²) in [6, 6.07) is 1.70. The van der Waals surface area contributed by atoms with Crippen LogP contribution in [0.4, 0.5) is 5.82 Å². The molecule has 21 heavy (non-hydrogen) atoms. The molecule has 2 aromatic rings. The third-order valence-corrected chi connectivity index (χ3v) is 6.53. The maximum atomic E-state index is 12.6. The van der Waals surface area contributed by atoms with Crippen LogP contribution in [0.15, 0.2) is 27.0 Å². The predicted molar refractivity (Wildman–Crippen MR) is 89.3 cm³/mol. The number of nitrogens with one attached hydrogen (secondary N) is 2. The van der Waals surface area contributed by atoms with Gasteiger partial charge in [-0.05, 0) is 59.4 Å². The first-order chi connectivity index (χ1) is 9.85. The van der Waals surface area contributed by atoms with Crippen molar-refractivity contribution >= 4 is 43.1 Å². The minimum atomic E-state index is -3.64. The van der Waals surface area contributed by atoms with Crippen molar-refractivity contribution in [2.75, 3.05) is 11.8 Å². The second-order valence-corrected chi connectivity index (χ2v) is 8.06. The summed E-state index contributed by atoms with van der Waals surface area (Å²) in [6.45, 7) is 4.19. The van der Waals surface area contributed by atoms with Gasteiger partial charge in [0.05, 0.1) is 0 Å². The van der Waals surface area contributed by atoms with Crippen LogP contribution in [0.25, 0.3) is 0 Å². The zero-order valence-electron chi connectivity index (χ0n) is 11.9. The summed E-state index contributed by atoms with van der Waals surface area (Å²) in [5.74, 6) is 0.316. The van der Waals surface area contributed by atoms with E-state index in [1.165, 1.54) is 11.3 Å². The quantitative estimate of drug-likeness (QED) is 0.823. The van der Waals surface area contributed by atoms with Crippen LogP contribution < -0.4 is 10.0 Å². The van der Waals surface area contributed by atoms with E-state index in [2.05, 4.69) is 31.0 Å². The fourth-order valence-electron chi connectivity index (χ4n) is 1.91. The molecule has 114 valence electrons. The van der Waals surface area contributed by atoms with Gasteiger partial charge in [-0.25, -0.2) is 13.4 Å². The Hall–Kier alpha value is -0.960. The Kier molecular flexibility index (Phi) is 5.03. The lowest BCUT2D eigenvalue weighted by atomic mass is 10.3. The third kappa shape index (κ3) is 3.63. The van der Waals surface area contributed by atoms with Crippen molar-refractivity contribution in [3.8, 4) is 0 Å². The van der Waals surface area contributed by atoms with Crippen LogP contribution in [0, 0.1) is 13.8 Å². The van der Waals surface area contributed by atoms with Crippen molar-refractivity contribution in [2.24, 2.45) is 0 Å². The van der Waals surface area contributed by atoms with Gasteiger partial charge in [-0.2, -0.15) is 0 Å². The number of aromatic nitrogens is 1. The lowest BCUT2D eigenvalue weighted by molar-refractivity contribution is 0.599. The van der Waals surface area contributed by atoms with E-state index in [1.54, 1.807) is 26.2 Å².